The normalized spacial score (nSPS) is 11.5. The van der Waals surface area contributed by atoms with Gasteiger partial charge >= 0.3 is 0 Å². The SMILES string of the molecule is CCCCc1ccc(NC(=O)C(C#N)C(=O)c2ccoc2)cc1. The Hall–Kier alpha value is -2.87. The van der Waals surface area contributed by atoms with E-state index < -0.39 is 17.6 Å². The second-order valence-electron chi connectivity index (χ2n) is 5.23. The molecule has 0 aliphatic carbocycles. The molecule has 1 N–H and O–H groups in total. The number of nitriles is 1. The Kier molecular flexibility index (Phi) is 5.70. The molecule has 0 spiro atoms. The molecular formula is C18H18N2O3. The van der Waals surface area contributed by atoms with E-state index in [1.807, 2.05) is 12.1 Å². The van der Waals surface area contributed by atoms with Gasteiger partial charge < -0.3 is 9.73 Å². The fraction of sp³-hybridized carbons (Fsp3) is 0.278. The highest BCUT2D eigenvalue weighted by Crippen LogP contribution is 2.15. The largest absolute Gasteiger partial charge is 0.472 e. The first-order valence-electron chi connectivity index (χ1n) is 7.51. The molecule has 1 aromatic heterocycles. The van der Waals surface area contributed by atoms with E-state index in [4.69, 9.17) is 9.68 Å². The number of nitrogens with zero attached hydrogens (tertiary/aromatic N) is 1. The van der Waals surface area contributed by atoms with Crippen LogP contribution in [0.1, 0.15) is 35.7 Å². The summed E-state index contributed by atoms with van der Waals surface area (Å²) in [5, 5.41) is 11.7. The Morgan fingerprint density at radius 1 is 1.26 bits per heavy atom. The Morgan fingerprint density at radius 3 is 2.57 bits per heavy atom. The number of hydrogen-bond donors (Lipinski definition) is 1. The van der Waals surface area contributed by atoms with Crippen LogP contribution in [-0.4, -0.2) is 11.7 Å². The van der Waals surface area contributed by atoms with Gasteiger partial charge in [-0.2, -0.15) is 5.26 Å². The number of benzene rings is 1. The van der Waals surface area contributed by atoms with Crippen molar-refractivity contribution in [3.63, 3.8) is 0 Å². The third-order valence-corrected chi connectivity index (χ3v) is 3.50. The van der Waals surface area contributed by atoms with Crippen molar-refractivity contribution in [3.05, 3.63) is 54.0 Å². The van der Waals surface area contributed by atoms with E-state index in [0.717, 1.165) is 19.3 Å². The van der Waals surface area contributed by atoms with Crippen LogP contribution in [0.15, 0.2) is 47.3 Å². The molecule has 1 aromatic carbocycles. The highest BCUT2D eigenvalue weighted by Gasteiger charge is 2.28. The van der Waals surface area contributed by atoms with Gasteiger partial charge in [-0.3, -0.25) is 9.59 Å². The van der Waals surface area contributed by atoms with Gasteiger partial charge in [-0.05, 0) is 36.6 Å². The molecule has 5 heteroatoms. The average molecular weight is 310 g/mol. The number of nitrogens with one attached hydrogen (secondary N) is 1. The summed E-state index contributed by atoms with van der Waals surface area (Å²) >= 11 is 0. The lowest BCUT2D eigenvalue weighted by Crippen LogP contribution is -2.28. The smallest absolute Gasteiger partial charge is 0.249 e. The summed E-state index contributed by atoms with van der Waals surface area (Å²) < 4.78 is 4.81. The van der Waals surface area contributed by atoms with Crippen molar-refractivity contribution in [2.45, 2.75) is 26.2 Å². The highest BCUT2D eigenvalue weighted by atomic mass is 16.3. The van der Waals surface area contributed by atoms with Gasteiger partial charge in [-0.25, -0.2) is 0 Å². The summed E-state index contributed by atoms with van der Waals surface area (Å²) in [5.74, 6) is -2.61. The van der Waals surface area contributed by atoms with Gasteiger partial charge in [-0.15, -0.1) is 0 Å². The van der Waals surface area contributed by atoms with Crippen molar-refractivity contribution in [2.75, 3.05) is 5.32 Å². The molecule has 1 unspecified atom stereocenters. The van der Waals surface area contributed by atoms with Gasteiger partial charge in [0.25, 0.3) is 0 Å². The van der Waals surface area contributed by atoms with Gasteiger partial charge in [-0.1, -0.05) is 25.5 Å². The summed E-state index contributed by atoms with van der Waals surface area (Å²) in [6, 6.07) is 10.6. The molecule has 0 radical (unpaired) electrons. The molecule has 0 aliphatic heterocycles. The van der Waals surface area contributed by atoms with Crippen LogP contribution in [0, 0.1) is 17.2 Å². The van der Waals surface area contributed by atoms with E-state index in [-0.39, 0.29) is 5.56 Å². The minimum Gasteiger partial charge on any atom is -0.472 e. The number of anilines is 1. The first-order valence-corrected chi connectivity index (χ1v) is 7.51. The molecule has 2 rings (SSSR count). The molecule has 0 saturated heterocycles. The first kappa shape index (κ1) is 16.5. The Labute approximate surface area is 134 Å². The number of amides is 1. The van der Waals surface area contributed by atoms with Gasteiger partial charge in [0.05, 0.1) is 17.9 Å². The number of Topliss-reactive ketones (excluding diaryl/α,β-unsaturated/α-hetero) is 1. The molecule has 1 amide bonds. The van der Waals surface area contributed by atoms with Crippen molar-refractivity contribution in [1.29, 1.82) is 5.26 Å². The van der Waals surface area contributed by atoms with Crippen LogP contribution in [0.5, 0.6) is 0 Å². The van der Waals surface area contributed by atoms with Crippen LogP contribution < -0.4 is 5.32 Å². The summed E-state index contributed by atoms with van der Waals surface area (Å²) in [6.07, 6.45) is 5.78. The van der Waals surface area contributed by atoms with Crippen molar-refractivity contribution < 1.29 is 14.0 Å². The molecule has 0 bridgehead atoms. The molecule has 1 heterocycles. The zero-order valence-electron chi connectivity index (χ0n) is 12.9. The Morgan fingerprint density at radius 2 is 2.00 bits per heavy atom. The second-order valence-corrected chi connectivity index (χ2v) is 5.23. The standard InChI is InChI=1S/C18H18N2O3/c1-2-3-4-13-5-7-15(8-6-13)20-18(22)16(11-19)17(21)14-9-10-23-12-14/h5-10,12,16H,2-4H2,1H3,(H,20,22). The lowest BCUT2D eigenvalue weighted by molar-refractivity contribution is -0.117. The molecule has 2 aromatic rings. The maximum Gasteiger partial charge on any atom is 0.249 e. The van der Waals surface area contributed by atoms with E-state index in [2.05, 4.69) is 12.2 Å². The molecule has 0 aliphatic rings. The number of furan rings is 1. The summed E-state index contributed by atoms with van der Waals surface area (Å²) in [7, 11) is 0. The third-order valence-electron chi connectivity index (χ3n) is 3.50. The number of unbranched alkanes of at least 4 members (excludes halogenated alkanes) is 1. The number of hydrogen-bond acceptors (Lipinski definition) is 4. The molecule has 1 atom stereocenters. The quantitative estimate of drug-likeness (QED) is 0.626. The zero-order valence-corrected chi connectivity index (χ0v) is 12.9. The van der Waals surface area contributed by atoms with Crippen molar-refractivity contribution in [1.82, 2.24) is 0 Å². The Bertz CT molecular complexity index is 697. The Balaban J connectivity index is 2.02. The minimum atomic E-state index is -1.40. The first-order chi connectivity index (χ1) is 11.2. The minimum absolute atomic E-state index is 0.210. The van der Waals surface area contributed by atoms with Crippen molar-refractivity contribution >= 4 is 17.4 Å². The van der Waals surface area contributed by atoms with Crippen LogP contribution >= 0.6 is 0 Å². The predicted octanol–water partition coefficient (Wildman–Crippen LogP) is 3.58. The van der Waals surface area contributed by atoms with E-state index >= 15 is 0 Å². The lowest BCUT2D eigenvalue weighted by Gasteiger charge is -2.09. The summed E-state index contributed by atoms with van der Waals surface area (Å²) in [5.41, 5.74) is 1.97. The molecule has 118 valence electrons. The van der Waals surface area contributed by atoms with Crippen molar-refractivity contribution in [2.24, 2.45) is 5.92 Å². The third kappa shape index (κ3) is 4.30. The topological polar surface area (TPSA) is 83.1 Å². The monoisotopic (exact) mass is 310 g/mol. The van der Waals surface area contributed by atoms with E-state index in [1.54, 1.807) is 18.2 Å². The average Bonchev–Trinajstić information content (AvgIpc) is 3.09. The van der Waals surface area contributed by atoms with Crippen molar-refractivity contribution in [3.8, 4) is 6.07 Å². The maximum atomic E-state index is 12.2. The van der Waals surface area contributed by atoms with Crippen LogP contribution in [0.3, 0.4) is 0 Å². The zero-order chi connectivity index (χ0) is 16.7. The fourth-order valence-corrected chi connectivity index (χ4v) is 2.16. The number of aryl methyl sites for hydroxylation is 1. The number of ketones is 1. The van der Waals surface area contributed by atoms with E-state index in [0.29, 0.717) is 5.69 Å². The van der Waals surface area contributed by atoms with E-state index in [1.165, 1.54) is 24.2 Å². The van der Waals surface area contributed by atoms with Gasteiger partial charge in [0.2, 0.25) is 5.91 Å². The molecule has 5 nitrogen and oxygen atoms in total. The summed E-state index contributed by atoms with van der Waals surface area (Å²) in [6.45, 7) is 2.13. The van der Waals surface area contributed by atoms with Gasteiger partial charge in [0.15, 0.2) is 11.7 Å². The van der Waals surface area contributed by atoms with Crippen LogP contribution in [0.2, 0.25) is 0 Å². The van der Waals surface area contributed by atoms with Gasteiger partial charge in [0, 0.05) is 5.69 Å². The lowest BCUT2D eigenvalue weighted by atomic mass is 10.00. The molecular weight excluding hydrogens is 292 g/mol. The van der Waals surface area contributed by atoms with Crippen LogP contribution in [-0.2, 0) is 11.2 Å². The number of carbonyl (C=O) groups excluding carboxylic acids is 2. The number of rotatable bonds is 7. The maximum absolute atomic E-state index is 12.2. The second kappa shape index (κ2) is 7.95. The van der Waals surface area contributed by atoms with Gasteiger partial charge in [0.1, 0.15) is 6.26 Å². The molecule has 0 fully saturated rings. The predicted molar refractivity (Wildman–Crippen MR) is 85.8 cm³/mol. The fourth-order valence-electron chi connectivity index (χ4n) is 2.16. The highest BCUT2D eigenvalue weighted by molar-refractivity contribution is 6.15. The summed E-state index contributed by atoms with van der Waals surface area (Å²) in [4.78, 5) is 24.2. The van der Waals surface area contributed by atoms with E-state index in [9.17, 15) is 9.59 Å². The van der Waals surface area contributed by atoms with Crippen LogP contribution in [0.4, 0.5) is 5.69 Å². The number of carbonyl (C=O) groups is 2. The molecule has 0 saturated carbocycles. The van der Waals surface area contributed by atoms with Crippen LogP contribution in [0.25, 0.3) is 0 Å². The molecule has 23 heavy (non-hydrogen) atoms.